The Morgan fingerprint density at radius 1 is 1.06 bits per heavy atom. The van der Waals surface area contributed by atoms with E-state index < -0.39 is 0 Å². The lowest BCUT2D eigenvalue weighted by Crippen LogP contribution is -1.96. The Labute approximate surface area is 105 Å². The molecule has 0 unspecified atom stereocenters. The lowest BCUT2D eigenvalue weighted by atomic mass is 10.2. The van der Waals surface area contributed by atoms with Crippen LogP contribution in [0, 0.1) is 6.92 Å². The fourth-order valence-corrected chi connectivity index (χ4v) is 2.00. The smallest absolute Gasteiger partial charge is 0.119 e. The molecule has 1 heterocycles. The molecule has 0 bridgehead atoms. The Hall–Kier alpha value is -2.36. The first kappa shape index (κ1) is 10.8. The number of ether oxygens (including phenoxy) is 1. The number of rotatable bonds is 2. The van der Waals surface area contributed by atoms with Gasteiger partial charge in [-0.2, -0.15) is 0 Å². The molecule has 0 saturated carbocycles. The van der Waals surface area contributed by atoms with E-state index >= 15 is 0 Å². The fourth-order valence-electron chi connectivity index (χ4n) is 2.00. The largest absolute Gasteiger partial charge is 0.497 e. The Morgan fingerprint density at radius 3 is 2.56 bits per heavy atom. The zero-order valence-electron chi connectivity index (χ0n) is 10.3. The molecule has 2 aromatic carbocycles. The van der Waals surface area contributed by atoms with Crippen molar-refractivity contribution in [3.05, 3.63) is 48.0 Å². The van der Waals surface area contributed by atoms with Crippen LogP contribution in [0.4, 0.5) is 0 Å². The van der Waals surface area contributed by atoms with Crippen LogP contribution in [0.1, 0.15) is 5.56 Å². The van der Waals surface area contributed by atoms with E-state index in [9.17, 15) is 0 Å². The first-order valence-electron chi connectivity index (χ1n) is 5.75. The van der Waals surface area contributed by atoms with Gasteiger partial charge in [-0.25, -0.2) is 4.68 Å². The Morgan fingerprint density at radius 2 is 1.83 bits per heavy atom. The second kappa shape index (κ2) is 4.14. The first-order chi connectivity index (χ1) is 8.79. The highest BCUT2D eigenvalue weighted by Crippen LogP contribution is 2.20. The van der Waals surface area contributed by atoms with Crippen LogP contribution in [0.15, 0.2) is 42.5 Å². The molecule has 4 nitrogen and oxygen atoms in total. The van der Waals surface area contributed by atoms with Crippen LogP contribution in [0.2, 0.25) is 0 Å². The van der Waals surface area contributed by atoms with Crippen LogP contribution >= 0.6 is 0 Å². The van der Waals surface area contributed by atoms with Crippen molar-refractivity contribution in [3.63, 3.8) is 0 Å². The minimum absolute atomic E-state index is 0.833. The fraction of sp³-hybridized carbons (Fsp3) is 0.143. The zero-order chi connectivity index (χ0) is 12.5. The Balaban J connectivity index is 2.16. The summed E-state index contributed by atoms with van der Waals surface area (Å²) >= 11 is 0. The number of hydrogen-bond donors (Lipinski definition) is 0. The number of nitrogens with zero attached hydrogens (tertiary/aromatic N) is 3. The molecule has 3 rings (SSSR count). The van der Waals surface area contributed by atoms with Crippen molar-refractivity contribution < 1.29 is 4.74 Å². The predicted molar refractivity (Wildman–Crippen MR) is 70.2 cm³/mol. The van der Waals surface area contributed by atoms with Gasteiger partial charge in [-0.15, -0.1) is 5.10 Å². The second-order valence-corrected chi connectivity index (χ2v) is 4.14. The van der Waals surface area contributed by atoms with Gasteiger partial charge < -0.3 is 4.74 Å². The topological polar surface area (TPSA) is 39.9 Å². The summed E-state index contributed by atoms with van der Waals surface area (Å²) in [4.78, 5) is 0. The maximum Gasteiger partial charge on any atom is 0.119 e. The highest BCUT2D eigenvalue weighted by Gasteiger charge is 2.07. The molecular formula is C14H13N3O. The van der Waals surface area contributed by atoms with Crippen molar-refractivity contribution in [1.29, 1.82) is 0 Å². The monoisotopic (exact) mass is 239 g/mol. The molecule has 0 amide bonds. The summed E-state index contributed by atoms with van der Waals surface area (Å²) in [6, 6.07) is 13.8. The van der Waals surface area contributed by atoms with E-state index in [0.29, 0.717) is 0 Å². The van der Waals surface area contributed by atoms with Crippen LogP contribution in [-0.2, 0) is 0 Å². The molecule has 0 atom stereocenters. The molecule has 0 aliphatic carbocycles. The van der Waals surface area contributed by atoms with Crippen LogP contribution in [-0.4, -0.2) is 22.1 Å². The summed E-state index contributed by atoms with van der Waals surface area (Å²) in [6.45, 7) is 2.04. The Bertz CT molecular complexity index is 686. The molecule has 0 aliphatic heterocycles. The van der Waals surface area contributed by atoms with Crippen LogP contribution in [0.25, 0.3) is 16.7 Å². The quantitative estimate of drug-likeness (QED) is 0.690. The van der Waals surface area contributed by atoms with Crippen molar-refractivity contribution in [2.45, 2.75) is 6.92 Å². The van der Waals surface area contributed by atoms with Crippen molar-refractivity contribution in [2.75, 3.05) is 7.11 Å². The van der Waals surface area contributed by atoms with Crippen LogP contribution < -0.4 is 4.74 Å². The molecule has 0 radical (unpaired) electrons. The molecule has 1 aromatic heterocycles. The SMILES string of the molecule is COc1ccc(-n2nnc3c(C)cccc32)cc1. The minimum Gasteiger partial charge on any atom is -0.497 e. The van der Waals surface area contributed by atoms with Gasteiger partial charge in [0.1, 0.15) is 11.3 Å². The van der Waals surface area contributed by atoms with Gasteiger partial charge in [0.15, 0.2) is 0 Å². The maximum atomic E-state index is 5.15. The summed E-state index contributed by atoms with van der Waals surface area (Å²) in [5.74, 6) is 0.833. The number of methoxy groups -OCH3 is 1. The highest BCUT2D eigenvalue weighted by atomic mass is 16.5. The van der Waals surface area contributed by atoms with E-state index in [4.69, 9.17) is 4.74 Å². The number of fused-ring (bicyclic) bond motifs is 1. The van der Waals surface area contributed by atoms with E-state index in [1.165, 1.54) is 0 Å². The summed E-state index contributed by atoms with van der Waals surface area (Å²) in [6.07, 6.45) is 0. The van der Waals surface area contributed by atoms with Crippen molar-refractivity contribution >= 4 is 11.0 Å². The maximum absolute atomic E-state index is 5.15. The Kier molecular flexibility index (Phi) is 2.48. The molecule has 0 spiro atoms. The van der Waals surface area contributed by atoms with E-state index in [1.807, 2.05) is 54.1 Å². The summed E-state index contributed by atoms with van der Waals surface area (Å²) in [5, 5.41) is 8.43. The first-order valence-corrected chi connectivity index (χ1v) is 5.75. The molecule has 90 valence electrons. The third kappa shape index (κ3) is 1.62. The predicted octanol–water partition coefficient (Wildman–Crippen LogP) is 2.74. The second-order valence-electron chi connectivity index (χ2n) is 4.14. The molecule has 18 heavy (non-hydrogen) atoms. The molecular weight excluding hydrogens is 226 g/mol. The number of aromatic nitrogens is 3. The summed E-state index contributed by atoms with van der Waals surface area (Å²) in [5.41, 5.74) is 4.06. The number of hydrogen-bond acceptors (Lipinski definition) is 3. The van der Waals surface area contributed by atoms with Gasteiger partial charge in [-0.05, 0) is 42.8 Å². The zero-order valence-corrected chi connectivity index (χ0v) is 10.3. The summed E-state index contributed by atoms with van der Waals surface area (Å²) in [7, 11) is 1.66. The molecule has 3 aromatic rings. The van der Waals surface area contributed by atoms with Crippen molar-refractivity contribution in [3.8, 4) is 11.4 Å². The van der Waals surface area contributed by atoms with Crippen molar-refractivity contribution in [1.82, 2.24) is 15.0 Å². The van der Waals surface area contributed by atoms with E-state index in [-0.39, 0.29) is 0 Å². The lowest BCUT2D eigenvalue weighted by Gasteiger charge is -2.04. The molecule has 0 fully saturated rings. The molecule has 0 aliphatic rings. The standard InChI is InChI=1S/C14H13N3O/c1-10-4-3-5-13-14(10)15-16-17(13)11-6-8-12(18-2)9-7-11/h3-9H,1-2H3. The van der Waals surface area contributed by atoms with Gasteiger partial charge >= 0.3 is 0 Å². The average molecular weight is 239 g/mol. The number of benzene rings is 2. The van der Waals surface area contributed by atoms with Crippen molar-refractivity contribution in [2.24, 2.45) is 0 Å². The van der Waals surface area contributed by atoms with Gasteiger partial charge in [0.2, 0.25) is 0 Å². The summed E-state index contributed by atoms with van der Waals surface area (Å²) < 4.78 is 6.98. The molecule has 0 N–H and O–H groups in total. The van der Waals surface area contributed by atoms with Gasteiger partial charge in [0, 0.05) is 0 Å². The van der Waals surface area contributed by atoms with Gasteiger partial charge in [-0.3, -0.25) is 0 Å². The van der Waals surface area contributed by atoms with E-state index in [1.54, 1.807) is 7.11 Å². The van der Waals surface area contributed by atoms with Crippen LogP contribution in [0.5, 0.6) is 5.75 Å². The van der Waals surface area contributed by atoms with Crippen LogP contribution in [0.3, 0.4) is 0 Å². The minimum atomic E-state index is 0.833. The average Bonchev–Trinajstić information content (AvgIpc) is 2.84. The van der Waals surface area contributed by atoms with E-state index in [2.05, 4.69) is 10.3 Å². The molecule has 0 saturated heterocycles. The third-order valence-electron chi connectivity index (χ3n) is 3.00. The third-order valence-corrected chi connectivity index (χ3v) is 3.00. The lowest BCUT2D eigenvalue weighted by molar-refractivity contribution is 0.414. The normalized spacial score (nSPS) is 10.8. The highest BCUT2D eigenvalue weighted by molar-refractivity contribution is 5.79. The van der Waals surface area contributed by atoms with Gasteiger partial charge in [0.25, 0.3) is 0 Å². The van der Waals surface area contributed by atoms with E-state index in [0.717, 1.165) is 28.0 Å². The molecule has 4 heteroatoms. The van der Waals surface area contributed by atoms with Gasteiger partial charge in [0.05, 0.1) is 18.3 Å². The number of aryl methyl sites for hydroxylation is 1. The van der Waals surface area contributed by atoms with Gasteiger partial charge in [-0.1, -0.05) is 17.3 Å².